The van der Waals surface area contributed by atoms with Crippen LogP contribution in [-0.4, -0.2) is 24.9 Å². The normalized spacial score (nSPS) is 18.4. The van der Waals surface area contributed by atoms with Crippen molar-refractivity contribution >= 4 is 29.2 Å². The van der Waals surface area contributed by atoms with Crippen molar-refractivity contribution in [2.24, 2.45) is 4.99 Å². The third kappa shape index (κ3) is 4.20. The summed E-state index contributed by atoms with van der Waals surface area (Å²) in [6.45, 7) is 12.8. The van der Waals surface area contributed by atoms with E-state index in [-0.39, 0.29) is 5.54 Å². The molecule has 0 amide bonds. The van der Waals surface area contributed by atoms with Gasteiger partial charge in [-0.25, -0.2) is 0 Å². The number of anilines is 1. The van der Waals surface area contributed by atoms with Gasteiger partial charge in [0.15, 0.2) is 0 Å². The van der Waals surface area contributed by atoms with Crippen LogP contribution in [0.3, 0.4) is 0 Å². The molecule has 3 rings (SSSR count). The van der Waals surface area contributed by atoms with Crippen LogP contribution in [-0.2, 0) is 0 Å². The second-order valence-electron chi connectivity index (χ2n) is 8.16. The lowest BCUT2D eigenvalue weighted by atomic mass is 9.79. The fourth-order valence-corrected chi connectivity index (χ4v) is 4.45. The number of rotatable bonds is 6. The van der Waals surface area contributed by atoms with Crippen molar-refractivity contribution < 1.29 is 4.74 Å². The Hall–Kier alpha value is -2.00. The molecule has 28 heavy (non-hydrogen) atoms. The average Bonchev–Trinajstić information content (AvgIpc) is 2.64. The Morgan fingerprint density at radius 2 is 2.00 bits per heavy atom. The van der Waals surface area contributed by atoms with Gasteiger partial charge in [0.25, 0.3) is 0 Å². The molecule has 0 bridgehead atoms. The third-order valence-corrected chi connectivity index (χ3v) is 5.79. The summed E-state index contributed by atoms with van der Waals surface area (Å²) < 4.78 is 5.67. The molecule has 2 aromatic rings. The Balaban J connectivity index is 1.99. The van der Waals surface area contributed by atoms with Crippen molar-refractivity contribution in [1.82, 2.24) is 0 Å². The van der Waals surface area contributed by atoms with E-state index in [1.54, 1.807) is 0 Å². The van der Waals surface area contributed by atoms with Crippen LogP contribution in [0.4, 0.5) is 11.4 Å². The zero-order chi connectivity index (χ0) is 20.3. The van der Waals surface area contributed by atoms with Gasteiger partial charge >= 0.3 is 0 Å². The van der Waals surface area contributed by atoms with E-state index in [1.165, 1.54) is 11.3 Å². The highest BCUT2D eigenvalue weighted by Crippen LogP contribution is 2.45. The molecule has 1 aliphatic heterocycles. The van der Waals surface area contributed by atoms with Crippen molar-refractivity contribution in [3.05, 3.63) is 52.5 Å². The maximum atomic E-state index is 6.69. The molecule has 1 heterocycles. The molecule has 0 aromatic heterocycles. The van der Waals surface area contributed by atoms with Crippen molar-refractivity contribution in [2.75, 3.05) is 18.1 Å². The van der Waals surface area contributed by atoms with E-state index in [4.69, 9.17) is 16.3 Å². The molecule has 4 heteroatoms. The van der Waals surface area contributed by atoms with Gasteiger partial charge in [0.1, 0.15) is 11.4 Å². The summed E-state index contributed by atoms with van der Waals surface area (Å²) >= 11 is 6.69. The Morgan fingerprint density at radius 3 is 2.71 bits per heavy atom. The number of aliphatic imine (C=N–C) groups is 1. The van der Waals surface area contributed by atoms with Crippen LogP contribution in [0.15, 0.2) is 41.4 Å². The summed E-state index contributed by atoms with van der Waals surface area (Å²) in [4.78, 5) is 7.18. The number of ether oxygens (including phenoxy) is 1. The number of halogens is 1. The van der Waals surface area contributed by atoms with Gasteiger partial charge in [0.2, 0.25) is 0 Å². The molecule has 0 N–H and O–H groups in total. The van der Waals surface area contributed by atoms with Crippen molar-refractivity contribution in [1.29, 1.82) is 0 Å². The quantitative estimate of drug-likeness (QED) is 0.489. The molecule has 1 atom stereocenters. The van der Waals surface area contributed by atoms with Gasteiger partial charge in [-0.2, -0.15) is 0 Å². The maximum Gasteiger partial charge on any atom is 0.144 e. The molecule has 2 aromatic carbocycles. The number of hydrogen-bond donors (Lipinski definition) is 0. The van der Waals surface area contributed by atoms with E-state index in [2.05, 4.69) is 49.7 Å². The highest BCUT2D eigenvalue weighted by molar-refractivity contribution is 6.33. The minimum absolute atomic E-state index is 0.137. The smallest absolute Gasteiger partial charge is 0.144 e. The van der Waals surface area contributed by atoms with Gasteiger partial charge in [-0.05, 0) is 69.4 Å². The van der Waals surface area contributed by atoms with E-state index in [1.807, 2.05) is 37.4 Å². The first-order valence-electron chi connectivity index (χ1n) is 10.2. The van der Waals surface area contributed by atoms with Crippen molar-refractivity contribution in [3.8, 4) is 5.75 Å². The fraction of sp³-hybridized carbons (Fsp3) is 0.458. The Kier molecular flexibility index (Phi) is 6.34. The zero-order valence-corrected chi connectivity index (χ0v) is 18.4. The standard InChI is InChI=1S/C24H31ClN2O/c1-6-12-27-22-14-20(25)18(13-19(22)17(3)15-24(27,4)5)16-26-21-10-8-9-11-23(21)28-7-2/h8-11,13-14,16-17H,6-7,12,15H2,1-5H3. The predicted molar refractivity (Wildman–Crippen MR) is 121 cm³/mol. The Labute approximate surface area is 174 Å². The Morgan fingerprint density at radius 1 is 1.25 bits per heavy atom. The lowest BCUT2D eigenvalue weighted by molar-refractivity contribution is 0.341. The van der Waals surface area contributed by atoms with Crippen molar-refractivity contribution in [3.63, 3.8) is 0 Å². The fourth-order valence-electron chi connectivity index (χ4n) is 4.25. The molecule has 0 aliphatic carbocycles. The van der Waals surface area contributed by atoms with Gasteiger partial charge < -0.3 is 9.64 Å². The highest BCUT2D eigenvalue weighted by atomic mass is 35.5. The van der Waals surface area contributed by atoms with Crippen LogP contribution in [0.2, 0.25) is 5.02 Å². The van der Waals surface area contributed by atoms with Crippen LogP contribution in [0.5, 0.6) is 5.75 Å². The van der Waals surface area contributed by atoms with Gasteiger partial charge in [-0.15, -0.1) is 0 Å². The minimum atomic E-state index is 0.137. The molecule has 0 saturated carbocycles. The van der Waals surface area contributed by atoms with Crippen LogP contribution < -0.4 is 9.64 Å². The van der Waals surface area contributed by atoms with E-state index >= 15 is 0 Å². The summed E-state index contributed by atoms with van der Waals surface area (Å²) in [5.41, 5.74) is 4.53. The summed E-state index contributed by atoms with van der Waals surface area (Å²) in [6.07, 6.45) is 4.11. The molecule has 150 valence electrons. The van der Waals surface area contributed by atoms with Gasteiger partial charge in [-0.3, -0.25) is 4.99 Å². The van der Waals surface area contributed by atoms with Crippen LogP contribution in [0, 0.1) is 0 Å². The topological polar surface area (TPSA) is 24.8 Å². The lowest BCUT2D eigenvalue weighted by Gasteiger charge is -2.47. The second-order valence-corrected chi connectivity index (χ2v) is 8.57. The minimum Gasteiger partial charge on any atom is -0.492 e. The number of fused-ring (bicyclic) bond motifs is 1. The zero-order valence-electron chi connectivity index (χ0n) is 17.6. The van der Waals surface area contributed by atoms with E-state index < -0.39 is 0 Å². The number of nitrogens with zero attached hydrogens (tertiary/aromatic N) is 2. The number of benzene rings is 2. The molecular weight excluding hydrogens is 368 g/mol. The predicted octanol–water partition coefficient (Wildman–Crippen LogP) is 6.99. The monoisotopic (exact) mass is 398 g/mol. The largest absolute Gasteiger partial charge is 0.492 e. The van der Waals surface area contributed by atoms with Gasteiger partial charge in [-0.1, -0.05) is 37.6 Å². The molecule has 0 fully saturated rings. The molecular formula is C24H31ClN2O. The first-order valence-corrected chi connectivity index (χ1v) is 10.6. The van der Waals surface area contributed by atoms with Crippen molar-refractivity contribution in [2.45, 2.75) is 58.9 Å². The van der Waals surface area contributed by atoms with Gasteiger partial charge in [0.05, 0.1) is 11.6 Å². The summed E-state index contributed by atoms with van der Waals surface area (Å²) in [7, 11) is 0. The molecule has 1 aliphatic rings. The van der Waals surface area contributed by atoms with Gasteiger partial charge in [0, 0.05) is 29.5 Å². The third-order valence-electron chi connectivity index (χ3n) is 5.46. The maximum absolute atomic E-state index is 6.69. The van der Waals surface area contributed by atoms with E-state index in [9.17, 15) is 0 Å². The summed E-state index contributed by atoms with van der Waals surface area (Å²) in [5, 5.41) is 0.738. The second kappa shape index (κ2) is 8.57. The lowest BCUT2D eigenvalue weighted by Crippen LogP contribution is -2.48. The van der Waals surface area contributed by atoms with Crippen LogP contribution >= 0.6 is 11.6 Å². The SMILES string of the molecule is CCCN1c2cc(Cl)c(C=Nc3ccccc3OCC)cc2C(C)CC1(C)C. The molecule has 0 radical (unpaired) electrons. The number of hydrogen-bond acceptors (Lipinski definition) is 3. The number of para-hydroxylation sites is 2. The van der Waals surface area contributed by atoms with E-state index in [0.717, 1.165) is 41.4 Å². The molecule has 1 unspecified atom stereocenters. The molecule has 0 spiro atoms. The van der Waals surface area contributed by atoms with Crippen LogP contribution in [0.25, 0.3) is 0 Å². The molecule has 3 nitrogen and oxygen atoms in total. The first-order chi connectivity index (χ1) is 13.4. The first kappa shape index (κ1) is 20.7. The highest BCUT2D eigenvalue weighted by Gasteiger charge is 2.36. The summed E-state index contributed by atoms with van der Waals surface area (Å²) in [5.74, 6) is 1.28. The molecule has 0 saturated heterocycles. The summed E-state index contributed by atoms with van der Waals surface area (Å²) in [6, 6.07) is 12.2. The Bertz CT molecular complexity index is 860. The van der Waals surface area contributed by atoms with Crippen LogP contribution in [0.1, 0.15) is 64.5 Å². The van der Waals surface area contributed by atoms with E-state index in [0.29, 0.717) is 12.5 Å². The average molecular weight is 399 g/mol.